The van der Waals surface area contributed by atoms with Gasteiger partial charge in [-0.05, 0) is 49.4 Å². The van der Waals surface area contributed by atoms with E-state index < -0.39 is 29.5 Å². The second-order valence-electron chi connectivity index (χ2n) is 6.93. The lowest BCUT2D eigenvalue weighted by molar-refractivity contribution is -0.0445. The lowest BCUT2D eigenvalue weighted by atomic mass is 9.76. The van der Waals surface area contributed by atoms with E-state index in [1.54, 1.807) is 6.07 Å². The molecule has 0 heterocycles. The Morgan fingerprint density at radius 3 is 2.43 bits per heavy atom. The second-order valence-corrected chi connectivity index (χ2v) is 8.09. The van der Waals surface area contributed by atoms with Crippen LogP contribution in [0.2, 0.25) is 15.1 Å². The van der Waals surface area contributed by atoms with Crippen LogP contribution in [0.4, 0.5) is 8.78 Å². The van der Waals surface area contributed by atoms with Crippen LogP contribution in [0.1, 0.15) is 47.6 Å². The molecular formula is C20H18Cl3F2NO2. The summed E-state index contributed by atoms with van der Waals surface area (Å²) in [5.41, 5.74) is -1.16. The third kappa shape index (κ3) is 4.28. The van der Waals surface area contributed by atoms with Crippen LogP contribution < -0.4 is 5.32 Å². The highest BCUT2D eigenvalue weighted by Gasteiger charge is 2.43. The van der Waals surface area contributed by atoms with Crippen LogP contribution in [-0.2, 0) is 0 Å². The minimum Gasteiger partial charge on any atom is -0.387 e. The van der Waals surface area contributed by atoms with Gasteiger partial charge in [-0.3, -0.25) is 4.79 Å². The van der Waals surface area contributed by atoms with E-state index in [-0.39, 0.29) is 51.9 Å². The Kier molecular flexibility index (Phi) is 6.50. The van der Waals surface area contributed by atoms with Gasteiger partial charge in [-0.25, -0.2) is 8.78 Å². The number of alkyl halides is 1. The lowest BCUT2D eigenvalue weighted by Crippen LogP contribution is -2.48. The summed E-state index contributed by atoms with van der Waals surface area (Å²) >= 11 is 18.2. The van der Waals surface area contributed by atoms with Gasteiger partial charge in [-0.2, -0.15) is 0 Å². The molecule has 8 heteroatoms. The molecule has 0 aliphatic heterocycles. The molecule has 1 aliphatic rings. The smallest absolute Gasteiger partial charge is 0.253 e. The first-order valence-corrected chi connectivity index (χ1v) is 9.91. The van der Waals surface area contributed by atoms with Crippen LogP contribution in [0, 0.1) is 5.82 Å². The molecule has 2 aromatic carbocycles. The number of nitrogens with one attached hydrogen (secondary N) is 1. The van der Waals surface area contributed by atoms with Gasteiger partial charge in [0.05, 0.1) is 32.3 Å². The van der Waals surface area contributed by atoms with Crippen LogP contribution in [0.5, 0.6) is 0 Å². The Morgan fingerprint density at radius 2 is 1.75 bits per heavy atom. The third-order valence-electron chi connectivity index (χ3n) is 5.08. The van der Waals surface area contributed by atoms with Crippen molar-refractivity contribution in [2.75, 3.05) is 0 Å². The standard InChI is InChI=1S/C20H18Cl3F2NO2/c21-14-5-1-4-13(16(14)22)19(27)26-18(12-3-2-6-15(25)17(12)23)20(28)9-7-11(24)8-10-20/h1-6,11,18,28H,7-10H2,(H,26,27)/t11-,18?,20+. The quantitative estimate of drug-likeness (QED) is 0.612. The normalized spacial score (nSPS) is 23.3. The molecule has 1 fully saturated rings. The van der Waals surface area contributed by atoms with E-state index in [1.807, 2.05) is 0 Å². The molecule has 1 aliphatic carbocycles. The van der Waals surface area contributed by atoms with E-state index in [9.17, 15) is 18.7 Å². The SMILES string of the molecule is O=C(NC(c1cccc(F)c1Cl)[C@]1(O)CC[C@@H](F)CC1)c1cccc(Cl)c1Cl. The van der Waals surface area contributed by atoms with E-state index in [4.69, 9.17) is 34.8 Å². The molecule has 1 saturated carbocycles. The van der Waals surface area contributed by atoms with Crippen LogP contribution in [0.15, 0.2) is 36.4 Å². The van der Waals surface area contributed by atoms with Crippen molar-refractivity contribution < 1.29 is 18.7 Å². The van der Waals surface area contributed by atoms with Gasteiger partial charge in [-0.1, -0.05) is 53.0 Å². The summed E-state index contributed by atoms with van der Waals surface area (Å²) in [7, 11) is 0. The minimum atomic E-state index is -1.49. The number of amides is 1. The summed E-state index contributed by atoms with van der Waals surface area (Å²) in [4.78, 5) is 12.9. The maximum absolute atomic E-state index is 14.0. The zero-order valence-electron chi connectivity index (χ0n) is 14.7. The molecule has 0 spiro atoms. The zero-order chi connectivity index (χ0) is 20.5. The van der Waals surface area contributed by atoms with Crippen molar-refractivity contribution >= 4 is 40.7 Å². The van der Waals surface area contributed by atoms with Crippen LogP contribution >= 0.6 is 34.8 Å². The molecule has 150 valence electrons. The molecule has 0 aromatic heterocycles. The zero-order valence-corrected chi connectivity index (χ0v) is 17.0. The van der Waals surface area contributed by atoms with Gasteiger partial charge in [-0.15, -0.1) is 0 Å². The van der Waals surface area contributed by atoms with Crippen molar-refractivity contribution in [2.24, 2.45) is 0 Å². The molecule has 0 saturated heterocycles. The monoisotopic (exact) mass is 447 g/mol. The Hall–Kier alpha value is -1.40. The fraction of sp³-hybridized carbons (Fsp3) is 0.350. The van der Waals surface area contributed by atoms with E-state index in [2.05, 4.69) is 5.32 Å². The van der Waals surface area contributed by atoms with Crippen molar-refractivity contribution in [3.05, 3.63) is 68.4 Å². The first kappa shape index (κ1) is 21.3. The van der Waals surface area contributed by atoms with Crippen molar-refractivity contribution in [3.63, 3.8) is 0 Å². The Labute approximate surface area is 176 Å². The summed E-state index contributed by atoms with van der Waals surface area (Å²) < 4.78 is 27.7. The van der Waals surface area contributed by atoms with Gasteiger partial charge in [0.1, 0.15) is 12.0 Å². The van der Waals surface area contributed by atoms with Gasteiger partial charge < -0.3 is 10.4 Å². The topological polar surface area (TPSA) is 49.3 Å². The molecule has 1 atom stereocenters. The van der Waals surface area contributed by atoms with Gasteiger partial charge in [0.25, 0.3) is 5.91 Å². The lowest BCUT2D eigenvalue weighted by Gasteiger charge is -2.41. The predicted molar refractivity (Wildman–Crippen MR) is 106 cm³/mol. The summed E-state index contributed by atoms with van der Waals surface area (Å²) in [6.07, 6.45) is -0.576. The summed E-state index contributed by atoms with van der Waals surface area (Å²) in [5.74, 6) is -1.28. The van der Waals surface area contributed by atoms with Crippen molar-refractivity contribution in [2.45, 2.75) is 43.5 Å². The van der Waals surface area contributed by atoms with Gasteiger partial charge in [0.2, 0.25) is 0 Å². The predicted octanol–water partition coefficient (Wildman–Crippen LogP) is 5.90. The molecule has 0 radical (unpaired) electrons. The van der Waals surface area contributed by atoms with Gasteiger partial charge in [0, 0.05) is 0 Å². The number of aliphatic hydroxyl groups is 1. The molecule has 2 N–H and O–H groups in total. The summed E-state index contributed by atoms with van der Waals surface area (Å²) in [6.45, 7) is 0. The highest BCUT2D eigenvalue weighted by atomic mass is 35.5. The third-order valence-corrected chi connectivity index (χ3v) is 6.30. The molecule has 28 heavy (non-hydrogen) atoms. The summed E-state index contributed by atoms with van der Waals surface area (Å²) in [5, 5.41) is 14.0. The van der Waals surface area contributed by atoms with Crippen LogP contribution in [-0.4, -0.2) is 22.8 Å². The van der Waals surface area contributed by atoms with E-state index in [0.29, 0.717) is 0 Å². The molecule has 2 aromatic rings. The van der Waals surface area contributed by atoms with Crippen molar-refractivity contribution in [1.29, 1.82) is 0 Å². The fourth-order valence-electron chi connectivity index (χ4n) is 3.50. The number of hydrogen-bond donors (Lipinski definition) is 2. The number of benzene rings is 2. The Morgan fingerprint density at radius 1 is 1.11 bits per heavy atom. The highest BCUT2D eigenvalue weighted by molar-refractivity contribution is 6.43. The minimum absolute atomic E-state index is 0.0604. The van der Waals surface area contributed by atoms with Crippen molar-refractivity contribution in [1.82, 2.24) is 5.32 Å². The summed E-state index contributed by atoms with van der Waals surface area (Å²) in [6, 6.07) is 7.68. The molecule has 0 bridgehead atoms. The first-order chi connectivity index (χ1) is 13.2. The maximum atomic E-state index is 14.0. The largest absolute Gasteiger partial charge is 0.387 e. The maximum Gasteiger partial charge on any atom is 0.253 e. The molecule has 3 rings (SSSR count). The van der Waals surface area contributed by atoms with Crippen LogP contribution in [0.25, 0.3) is 0 Å². The number of rotatable bonds is 4. The number of hydrogen-bond acceptors (Lipinski definition) is 2. The first-order valence-electron chi connectivity index (χ1n) is 8.78. The average molecular weight is 449 g/mol. The Balaban J connectivity index is 2.00. The molecule has 1 unspecified atom stereocenters. The number of carbonyl (C=O) groups is 1. The van der Waals surface area contributed by atoms with E-state index in [0.717, 1.165) is 0 Å². The van der Waals surface area contributed by atoms with E-state index in [1.165, 1.54) is 30.3 Å². The average Bonchev–Trinajstić information content (AvgIpc) is 2.67. The second kappa shape index (κ2) is 8.54. The number of carbonyl (C=O) groups excluding carboxylic acids is 1. The van der Waals surface area contributed by atoms with Crippen LogP contribution in [0.3, 0.4) is 0 Å². The Bertz CT molecular complexity index is 886. The van der Waals surface area contributed by atoms with Crippen molar-refractivity contribution in [3.8, 4) is 0 Å². The molecule has 1 amide bonds. The molecule has 3 nitrogen and oxygen atoms in total. The van der Waals surface area contributed by atoms with E-state index >= 15 is 0 Å². The highest BCUT2D eigenvalue weighted by Crippen LogP contribution is 2.42. The van der Waals surface area contributed by atoms with Gasteiger partial charge in [0.15, 0.2) is 0 Å². The molecular weight excluding hydrogens is 431 g/mol. The fourth-order valence-corrected chi connectivity index (χ4v) is 4.13. The number of halogens is 5. The van der Waals surface area contributed by atoms with Gasteiger partial charge >= 0.3 is 0 Å².